The number of rotatable bonds is 10. The highest BCUT2D eigenvalue weighted by molar-refractivity contribution is 7.92. The molecule has 7 nitrogen and oxygen atoms in total. The third-order valence-electron chi connectivity index (χ3n) is 5.85. The van der Waals surface area contributed by atoms with Crippen LogP contribution in [0.4, 0.5) is 5.69 Å². The Morgan fingerprint density at radius 3 is 2.15 bits per heavy atom. The number of hydrogen-bond donors (Lipinski definition) is 1. The van der Waals surface area contributed by atoms with Gasteiger partial charge < -0.3 is 10.2 Å². The van der Waals surface area contributed by atoms with Crippen LogP contribution in [0.25, 0.3) is 0 Å². The van der Waals surface area contributed by atoms with Crippen molar-refractivity contribution in [3.05, 3.63) is 64.7 Å². The normalized spacial score (nSPS) is 12.4. The zero-order valence-electron chi connectivity index (χ0n) is 21.3. The van der Waals surface area contributed by atoms with Crippen molar-refractivity contribution in [3.63, 3.8) is 0 Å². The van der Waals surface area contributed by atoms with Crippen LogP contribution in [0.15, 0.2) is 42.5 Å². The third-order valence-corrected chi connectivity index (χ3v) is 6.98. The molecule has 0 aliphatic rings. The molecule has 0 fully saturated rings. The number of anilines is 1. The lowest BCUT2D eigenvalue weighted by atomic mass is 10.1. The summed E-state index contributed by atoms with van der Waals surface area (Å²) in [6.45, 7) is 11.7. The molecule has 2 aromatic rings. The van der Waals surface area contributed by atoms with Gasteiger partial charge in [0.15, 0.2) is 0 Å². The molecule has 1 N–H and O–H groups in total. The van der Waals surface area contributed by atoms with Crippen LogP contribution in [0.1, 0.15) is 43.0 Å². The zero-order chi connectivity index (χ0) is 25.6. The van der Waals surface area contributed by atoms with Gasteiger partial charge in [-0.15, -0.1) is 0 Å². The number of nitrogens with zero attached hydrogens (tertiary/aromatic N) is 2. The molecule has 0 aliphatic heterocycles. The summed E-state index contributed by atoms with van der Waals surface area (Å²) >= 11 is 0. The Labute approximate surface area is 204 Å². The molecule has 0 bridgehead atoms. The second-order valence-electron chi connectivity index (χ2n) is 9.31. The van der Waals surface area contributed by atoms with Crippen molar-refractivity contribution >= 4 is 27.5 Å². The maximum atomic E-state index is 13.6. The van der Waals surface area contributed by atoms with E-state index in [1.807, 2.05) is 65.0 Å². The van der Waals surface area contributed by atoms with Gasteiger partial charge in [0.1, 0.15) is 12.6 Å². The predicted molar refractivity (Wildman–Crippen MR) is 137 cm³/mol. The number of aryl methyl sites for hydroxylation is 2. The largest absolute Gasteiger partial charge is 0.354 e. The molecule has 2 rings (SSSR count). The van der Waals surface area contributed by atoms with E-state index in [9.17, 15) is 18.0 Å². The van der Waals surface area contributed by atoms with Crippen LogP contribution in [0.3, 0.4) is 0 Å². The fourth-order valence-corrected chi connectivity index (χ4v) is 4.43. The van der Waals surface area contributed by atoms with Gasteiger partial charge in [-0.25, -0.2) is 8.42 Å². The standard InChI is InChI=1S/C26H37N3O4S/c1-18(2)15-27-26(31)22(6)28(16-23-13-11-19(3)12-14-23)25(30)17-29(34(7,32)33)24-10-8-9-20(4)21(24)5/h8-14,18,22H,15-17H2,1-7H3,(H,27,31)/t22-/m1/s1. The van der Waals surface area contributed by atoms with Crippen LogP contribution < -0.4 is 9.62 Å². The highest BCUT2D eigenvalue weighted by Gasteiger charge is 2.30. The molecular weight excluding hydrogens is 450 g/mol. The fourth-order valence-electron chi connectivity index (χ4n) is 3.53. The quantitative estimate of drug-likeness (QED) is 0.555. The van der Waals surface area contributed by atoms with Crippen molar-refractivity contribution in [1.29, 1.82) is 0 Å². The average Bonchev–Trinajstić information content (AvgIpc) is 2.76. The number of sulfonamides is 1. The molecule has 0 radical (unpaired) electrons. The molecule has 1 atom stereocenters. The summed E-state index contributed by atoms with van der Waals surface area (Å²) in [6.07, 6.45) is 1.09. The smallest absolute Gasteiger partial charge is 0.244 e. The van der Waals surface area contributed by atoms with Gasteiger partial charge in [0.05, 0.1) is 11.9 Å². The summed E-state index contributed by atoms with van der Waals surface area (Å²) in [7, 11) is -3.75. The van der Waals surface area contributed by atoms with Crippen molar-refractivity contribution in [1.82, 2.24) is 10.2 Å². The van der Waals surface area contributed by atoms with Crippen LogP contribution >= 0.6 is 0 Å². The van der Waals surface area contributed by atoms with E-state index >= 15 is 0 Å². The molecular formula is C26H37N3O4S. The van der Waals surface area contributed by atoms with Crippen LogP contribution in [-0.4, -0.2) is 50.5 Å². The second kappa shape index (κ2) is 11.5. The highest BCUT2D eigenvalue weighted by atomic mass is 32.2. The van der Waals surface area contributed by atoms with E-state index in [2.05, 4.69) is 5.32 Å². The molecule has 0 saturated heterocycles. The molecule has 2 aromatic carbocycles. The molecule has 0 unspecified atom stereocenters. The van der Waals surface area contributed by atoms with Crippen molar-refractivity contribution < 1.29 is 18.0 Å². The Balaban J connectivity index is 2.40. The molecule has 186 valence electrons. The first-order chi connectivity index (χ1) is 15.8. The number of amides is 2. The van der Waals surface area contributed by atoms with E-state index in [0.29, 0.717) is 12.2 Å². The molecule has 0 spiro atoms. The highest BCUT2D eigenvalue weighted by Crippen LogP contribution is 2.25. The van der Waals surface area contributed by atoms with E-state index in [-0.39, 0.29) is 18.4 Å². The Morgan fingerprint density at radius 1 is 0.971 bits per heavy atom. The van der Waals surface area contributed by atoms with Crippen molar-refractivity contribution in [2.45, 2.75) is 54.1 Å². The lowest BCUT2D eigenvalue weighted by Gasteiger charge is -2.32. The van der Waals surface area contributed by atoms with Crippen LogP contribution in [0.2, 0.25) is 0 Å². The molecule has 8 heteroatoms. The minimum atomic E-state index is -3.75. The lowest BCUT2D eigenvalue weighted by Crippen LogP contribution is -2.51. The van der Waals surface area contributed by atoms with Gasteiger partial charge in [-0.2, -0.15) is 0 Å². The molecule has 2 amide bonds. The summed E-state index contributed by atoms with van der Waals surface area (Å²) in [5, 5.41) is 2.88. The first-order valence-electron chi connectivity index (χ1n) is 11.5. The Bertz CT molecular complexity index is 1110. The number of hydrogen-bond acceptors (Lipinski definition) is 4. The topological polar surface area (TPSA) is 86.8 Å². The summed E-state index contributed by atoms with van der Waals surface area (Å²) in [6, 6.07) is 12.3. The molecule has 0 heterocycles. The van der Waals surface area contributed by atoms with Gasteiger partial charge in [-0.3, -0.25) is 13.9 Å². The molecule has 34 heavy (non-hydrogen) atoms. The molecule has 0 aliphatic carbocycles. The van der Waals surface area contributed by atoms with Crippen LogP contribution in [0.5, 0.6) is 0 Å². The minimum Gasteiger partial charge on any atom is -0.354 e. The van der Waals surface area contributed by atoms with E-state index < -0.39 is 28.5 Å². The Kier molecular flexibility index (Phi) is 9.27. The van der Waals surface area contributed by atoms with Crippen LogP contribution in [0, 0.1) is 26.7 Å². The van der Waals surface area contributed by atoms with E-state index in [1.165, 1.54) is 4.90 Å². The van der Waals surface area contributed by atoms with Gasteiger partial charge >= 0.3 is 0 Å². The van der Waals surface area contributed by atoms with Gasteiger partial charge in [-0.05, 0) is 56.4 Å². The Hall–Kier alpha value is -2.87. The lowest BCUT2D eigenvalue weighted by molar-refractivity contribution is -0.139. The monoisotopic (exact) mass is 487 g/mol. The van der Waals surface area contributed by atoms with Crippen LogP contribution in [-0.2, 0) is 26.2 Å². The summed E-state index contributed by atoms with van der Waals surface area (Å²) in [5.41, 5.74) is 4.12. The number of carbonyl (C=O) groups is 2. The van der Waals surface area contributed by atoms with Gasteiger partial charge in [0, 0.05) is 13.1 Å². The maximum absolute atomic E-state index is 13.6. The molecule has 0 aromatic heterocycles. The second-order valence-corrected chi connectivity index (χ2v) is 11.2. The van der Waals surface area contributed by atoms with Crippen molar-refractivity contribution in [2.24, 2.45) is 5.92 Å². The zero-order valence-corrected chi connectivity index (χ0v) is 22.1. The summed E-state index contributed by atoms with van der Waals surface area (Å²) in [4.78, 5) is 27.9. The maximum Gasteiger partial charge on any atom is 0.244 e. The predicted octanol–water partition coefficient (Wildman–Crippen LogP) is 3.57. The van der Waals surface area contributed by atoms with Crippen molar-refractivity contribution in [3.8, 4) is 0 Å². The number of carbonyl (C=O) groups excluding carboxylic acids is 2. The summed E-state index contributed by atoms with van der Waals surface area (Å²) in [5.74, 6) is -0.451. The Morgan fingerprint density at radius 2 is 1.59 bits per heavy atom. The van der Waals surface area contributed by atoms with E-state index in [4.69, 9.17) is 0 Å². The van der Waals surface area contributed by atoms with Crippen molar-refractivity contribution in [2.75, 3.05) is 23.7 Å². The van der Waals surface area contributed by atoms with Gasteiger partial charge in [0.25, 0.3) is 0 Å². The number of nitrogens with one attached hydrogen (secondary N) is 1. The van der Waals surface area contributed by atoms with Gasteiger partial charge in [0.2, 0.25) is 21.8 Å². The van der Waals surface area contributed by atoms with E-state index in [0.717, 1.165) is 32.8 Å². The van der Waals surface area contributed by atoms with E-state index in [1.54, 1.807) is 19.1 Å². The SMILES string of the molecule is Cc1ccc(CN(C(=O)CN(c2cccc(C)c2C)S(C)(=O)=O)[C@H](C)C(=O)NCC(C)C)cc1. The minimum absolute atomic E-state index is 0.194. The van der Waals surface area contributed by atoms with Gasteiger partial charge in [-0.1, -0.05) is 55.8 Å². The first kappa shape index (κ1) is 27.4. The fraction of sp³-hybridized carbons (Fsp3) is 0.462. The summed E-state index contributed by atoms with van der Waals surface area (Å²) < 4.78 is 26.5. The first-order valence-corrected chi connectivity index (χ1v) is 13.3. The molecule has 0 saturated carbocycles. The number of benzene rings is 2. The average molecular weight is 488 g/mol. The third kappa shape index (κ3) is 7.32.